The molecule has 0 aromatic heterocycles. The number of quaternary nitrogens is 1. The van der Waals surface area contributed by atoms with Crippen LogP contribution in [0.1, 0.15) is 47.4 Å². The van der Waals surface area contributed by atoms with E-state index >= 15 is 0 Å². The number of esters is 1. The van der Waals surface area contributed by atoms with Crippen molar-refractivity contribution in [3.05, 3.63) is 107 Å². The Morgan fingerprint density at radius 1 is 0.815 bits per heavy atom. The van der Waals surface area contributed by atoms with Crippen LogP contribution < -0.4 is 44.5 Å². The summed E-state index contributed by atoms with van der Waals surface area (Å²) in [7, 11) is 5.05. The molecule has 1 aliphatic carbocycles. The SMILES string of the molecule is COC(=O)[C@@H]1C(c2ccccc2)[C@]2(c3ccc(OC)cc3)Oc3cc(OCCCCNC(=O)OCc4ccc(OC5O[C@H](C(=O)O)[C@@H](O)[C@H](O)[C@H]5O)c(NC(=O)CCNCOP(=O)([O-])OCC[N+](C)(C)C)c4)cc(OC)c3[C@]2(O)[C@@H]1O. The lowest BCUT2D eigenvalue weighted by Crippen LogP contribution is -2.61. The van der Waals surface area contributed by atoms with Crippen molar-refractivity contribution in [2.45, 2.75) is 79.8 Å². The molecule has 1 saturated carbocycles. The number of fused-ring (bicyclic) bond motifs is 3. The quantitative estimate of drug-likeness (QED) is 0.0134. The second-order valence-electron chi connectivity index (χ2n) is 20.3. The van der Waals surface area contributed by atoms with Crippen LogP contribution in [0, 0.1) is 5.92 Å². The number of hydrogen-bond acceptors (Lipinski definition) is 22. The lowest BCUT2D eigenvalue weighted by molar-refractivity contribution is -0.870. The number of ether oxygens (including phenoxy) is 8. The number of carboxylic acids is 1. The Hall–Kier alpha value is -6.65. The largest absolute Gasteiger partial charge is 0.756 e. The number of carbonyl (C=O) groups excluding carboxylic acids is 3. The number of phosphoric acid groups is 1. The Balaban J connectivity index is 0.960. The van der Waals surface area contributed by atoms with Gasteiger partial charge in [0.25, 0.3) is 7.82 Å². The number of benzene rings is 4. The third kappa shape index (κ3) is 14.0. The van der Waals surface area contributed by atoms with Crippen LogP contribution in [0.4, 0.5) is 10.5 Å². The van der Waals surface area contributed by atoms with Gasteiger partial charge in [-0.3, -0.25) is 19.5 Å². The first-order chi connectivity index (χ1) is 38.5. The van der Waals surface area contributed by atoms with Crippen molar-refractivity contribution < 1.29 is 111 Å². The van der Waals surface area contributed by atoms with E-state index in [0.717, 1.165) is 0 Å². The molecule has 81 heavy (non-hydrogen) atoms. The van der Waals surface area contributed by atoms with Gasteiger partial charge < -0.3 is 97.6 Å². The first kappa shape index (κ1) is 62.0. The van der Waals surface area contributed by atoms with Crippen molar-refractivity contribution in [1.82, 2.24) is 10.6 Å². The van der Waals surface area contributed by atoms with E-state index in [1.165, 1.54) is 39.5 Å². The molecule has 3 unspecified atom stereocenters. The van der Waals surface area contributed by atoms with E-state index in [1.54, 1.807) is 66.7 Å². The topological polar surface area (TPSA) is 358 Å². The summed E-state index contributed by atoms with van der Waals surface area (Å²) in [5.74, 6) is -4.42. The first-order valence-corrected chi connectivity index (χ1v) is 27.2. The van der Waals surface area contributed by atoms with Gasteiger partial charge in [-0.2, -0.15) is 0 Å². The number of aliphatic hydroxyl groups excluding tert-OH is 4. The standard InChI is InChI=1S/C54H69N4O22P/c1-58(2,3)23-25-76-81(69,70)77-30-55-22-20-40(59)57-36-26-31(14-19-37(36)78-51-46(62)44(60)45(61)47(79-51)49(64)65)29-75-52(67)56-21-10-11-24-74-35-27-38(72-5)43-39(28-35)80-54(33-15-17-34(71-4)18-16-33)42(32-12-8-7-9-13-32)41(50(66)73-6)48(63)53(43,54)68/h7-9,12-19,26-28,41-42,44-48,51,55,60-63,68H,10-11,20-25,29-30H2,1-6H3,(H3-,56,57,59,64,65,67,69,70)/t41-,42?,44+,45+,46-,47+,48-,51?,53+,54+/m1/s1. The van der Waals surface area contributed by atoms with Crippen LogP contribution in [-0.2, 0) is 60.0 Å². The molecule has 11 atom stereocenters. The highest BCUT2D eigenvalue weighted by molar-refractivity contribution is 7.45. The van der Waals surface area contributed by atoms with Crippen LogP contribution in [0.15, 0.2) is 84.9 Å². The van der Waals surface area contributed by atoms with Crippen LogP contribution in [0.2, 0.25) is 0 Å². The van der Waals surface area contributed by atoms with Crippen molar-refractivity contribution >= 4 is 37.4 Å². The molecule has 26 nitrogen and oxygen atoms in total. The number of amides is 2. The molecule has 2 amide bonds. The van der Waals surface area contributed by atoms with E-state index in [-0.39, 0.29) is 67.8 Å². The van der Waals surface area contributed by atoms with Gasteiger partial charge in [0, 0.05) is 37.6 Å². The molecule has 7 rings (SSSR count). The van der Waals surface area contributed by atoms with E-state index in [4.69, 9.17) is 46.9 Å². The molecule has 2 heterocycles. The van der Waals surface area contributed by atoms with Gasteiger partial charge in [-0.15, -0.1) is 0 Å². The van der Waals surface area contributed by atoms with Gasteiger partial charge in [0.2, 0.25) is 12.2 Å². The summed E-state index contributed by atoms with van der Waals surface area (Å²) >= 11 is 0. The average Bonchev–Trinajstić information content (AvgIpc) is 4.05. The van der Waals surface area contributed by atoms with Gasteiger partial charge in [0.15, 0.2) is 17.3 Å². The number of rotatable bonds is 27. The number of aliphatic carboxylic acids is 1. The molecular weight excluding hydrogens is 1090 g/mol. The second-order valence-corrected chi connectivity index (χ2v) is 21.7. The number of carboxylic acid groups (broad SMARTS) is 1. The second kappa shape index (κ2) is 26.5. The third-order valence-corrected chi connectivity index (χ3v) is 14.9. The number of unbranched alkanes of at least 4 members (excludes halogenated alkanes) is 1. The maximum atomic E-state index is 13.6. The molecule has 2 fully saturated rings. The van der Waals surface area contributed by atoms with Crippen LogP contribution in [-0.4, -0.2) is 178 Å². The number of carbonyl (C=O) groups is 4. The summed E-state index contributed by atoms with van der Waals surface area (Å²) in [4.78, 5) is 63.5. The van der Waals surface area contributed by atoms with Gasteiger partial charge >= 0.3 is 18.0 Å². The number of phosphoric ester groups is 1. The summed E-state index contributed by atoms with van der Waals surface area (Å²) < 4.78 is 68.1. The van der Waals surface area contributed by atoms with E-state index in [0.29, 0.717) is 52.1 Å². The first-order valence-electron chi connectivity index (χ1n) is 25.7. The summed E-state index contributed by atoms with van der Waals surface area (Å²) in [5.41, 5.74) is -2.70. The van der Waals surface area contributed by atoms with Crippen molar-refractivity contribution in [3.63, 3.8) is 0 Å². The average molecular weight is 1160 g/mol. The molecule has 442 valence electrons. The zero-order valence-corrected chi connectivity index (χ0v) is 46.3. The molecule has 0 bridgehead atoms. The minimum absolute atomic E-state index is 0.0695. The Morgan fingerprint density at radius 2 is 1.54 bits per heavy atom. The van der Waals surface area contributed by atoms with Crippen molar-refractivity contribution in [1.29, 1.82) is 0 Å². The fourth-order valence-electron chi connectivity index (χ4n) is 9.89. The normalized spacial score (nSPS) is 25.5. The monoisotopic (exact) mass is 1160 g/mol. The lowest BCUT2D eigenvalue weighted by Gasteiger charge is -2.40. The highest BCUT2D eigenvalue weighted by Crippen LogP contribution is 2.70. The summed E-state index contributed by atoms with van der Waals surface area (Å²) in [6, 6.07) is 22.9. The Morgan fingerprint density at radius 3 is 2.21 bits per heavy atom. The molecule has 2 aliphatic heterocycles. The molecule has 3 aliphatic rings. The van der Waals surface area contributed by atoms with Crippen LogP contribution in [0.25, 0.3) is 0 Å². The summed E-state index contributed by atoms with van der Waals surface area (Å²) in [6.45, 7) is -0.320. The highest BCUT2D eigenvalue weighted by atomic mass is 31.2. The van der Waals surface area contributed by atoms with E-state index < -0.39 is 98.3 Å². The number of anilines is 1. The minimum Gasteiger partial charge on any atom is -0.756 e. The van der Waals surface area contributed by atoms with Crippen molar-refractivity contribution in [2.24, 2.45) is 5.92 Å². The van der Waals surface area contributed by atoms with Gasteiger partial charge in [-0.05, 0) is 53.8 Å². The van der Waals surface area contributed by atoms with Crippen LogP contribution in [0.5, 0.6) is 28.7 Å². The van der Waals surface area contributed by atoms with E-state index in [9.17, 15) is 59.3 Å². The molecular formula is C54H69N4O22P. The highest BCUT2D eigenvalue weighted by Gasteiger charge is 2.78. The predicted molar refractivity (Wildman–Crippen MR) is 281 cm³/mol. The molecule has 0 spiro atoms. The number of nitrogens with zero attached hydrogens (tertiary/aromatic N) is 1. The fraction of sp³-hybridized carbons (Fsp3) is 0.481. The number of aliphatic hydroxyl groups is 5. The number of alkyl carbamates (subject to hydrolysis) is 1. The number of hydrogen-bond donors (Lipinski definition) is 9. The van der Waals surface area contributed by atoms with Gasteiger partial charge in [0.1, 0.15) is 79.7 Å². The lowest BCUT2D eigenvalue weighted by atomic mass is 9.70. The molecule has 9 N–H and O–H groups in total. The van der Waals surface area contributed by atoms with Crippen LogP contribution >= 0.6 is 7.82 Å². The Bertz CT molecular complexity index is 2880. The van der Waals surface area contributed by atoms with Crippen molar-refractivity contribution in [3.8, 4) is 28.7 Å². The molecule has 0 radical (unpaired) electrons. The zero-order valence-electron chi connectivity index (χ0n) is 45.4. The van der Waals surface area contributed by atoms with Gasteiger partial charge in [0.05, 0.1) is 66.2 Å². The third-order valence-electron chi connectivity index (χ3n) is 13.9. The fourth-order valence-corrected chi connectivity index (χ4v) is 10.5. The Kier molecular flexibility index (Phi) is 20.3. The van der Waals surface area contributed by atoms with Crippen LogP contribution in [0.3, 0.4) is 0 Å². The zero-order chi connectivity index (χ0) is 58.9. The molecule has 27 heteroatoms. The molecule has 4 aromatic carbocycles. The van der Waals surface area contributed by atoms with E-state index in [2.05, 4.69) is 16.0 Å². The number of methoxy groups -OCH3 is 3. The smallest absolute Gasteiger partial charge is 0.407 e. The summed E-state index contributed by atoms with van der Waals surface area (Å²) in [5, 5.41) is 73.9. The Labute approximate surface area is 466 Å². The maximum Gasteiger partial charge on any atom is 0.407 e. The van der Waals surface area contributed by atoms with Crippen molar-refractivity contribution in [2.75, 3.05) is 87.4 Å². The predicted octanol–water partition coefficient (Wildman–Crippen LogP) is 1.57. The van der Waals surface area contributed by atoms with Gasteiger partial charge in [-0.1, -0.05) is 48.5 Å². The number of likely N-dealkylation sites (N-methyl/N-ethyl adjacent to an activating group) is 1. The van der Waals surface area contributed by atoms with Gasteiger partial charge in [-0.25, -0.2) is 9.59 Å². The number of nitrogens with one attached hydrogen (secondary N) is 3. The molecule has 1 saturated heterocycles. The molecule has 4 aromatic rings. The maximum absolute atomic E-state index is 13.6. The minimum atomic E-state index is -4.64. The van der Waals surface area contributed by atoms with E-state index in [1.807, 2.05) is 21.1 Å². The summed E-state index contributed by atoms with van der Waals surface area (Å²) in [6.07, 6.45) is -11.7.